The van der Waals surface area contributed by atoms with Crippen molar-refractivity contribution in [3.8, 4) is 0 Å². The topological polar surface area (TPSA) is 53.4 Å². The third-order valence-corrected chi connectivity index (χ3v) is 4.83. The number of nitrogens with zero attached hydrogens (tertiary/aromatic N) is 3. The zero-order chi connectivity index (χ0) is 16.8. The summed E-state index contributed by atoms with van der Waals surface area (Å²) in [4.78, 5) is 22.8. The Balaban J connectivity index is 1.49. The van der Waals surface area contributed by atoms with Crippen LogP contribution in [0.4, 0.5) is 0 Å². The van der Waals surface area contributed by atoms with Crippen LogP contribution in [0.1, 0.15) is 29.0 Å². The van der Waals surface area contributed by atoms with Crippen LogP contribution in [0.25, 0.3) is 16.6 Å². The van der Waals surface area contributed by atoms with E-state index in [1.165, 1.54) is 0 Å². The molecule has 5 rings (SSSR count). The molecule has 0 aliphatic heterocycles. The number of aromatic nitrogens is 3. The van der Waals surface area contributed by atoms with E-state index in [0.29, 0.717) is 18.3 Å². The summed E-state index contributed by atoms with van der Waals surface area (Å²) >= 11 is 0. The maximum atomic E-state index is 13.1. The molecular formula is C20H18N4O. The average Bonchev–Trinajstić information content (AvgIpc) is 3.26. The molecule has 5 heteroatoms. The lowest BCUT2D eigenvalue weighted by Crippen LogP contribution is -2.33. The molecule has 5 nitrogen and oxygen atoms in total. The van der Waals surface area contributed by atoms with Crippen molar-refractivity contribution < 1.29 is 4.79 Å². The second kappa shape index (κ2) is 5.48. The van der Waals surface area contributed by atoms with Crippen molar-refractivity contribution >= 4 is 22.5 Å². The number of H-pyrrole nitrogens is 1. The van der Waals surface area contributed by atoms with Crippen LogP contribution in [0.15, 0.2) is 60.9 Å². The van der Waals surface area contributed by atoms with Gasteiger partial charge in [-0.05, 0) is 37.1 Å². The monoisotopic (exact) mass is 330 g/mol. The Bertz CT molecular complexity index is 1040. The lowest BCUT2D eigenvalue weighted by atomic mass is 10.2. The Kier molecular flexibility index (Phi) is 3.13. The van der Waals surface area contributed by atoms with Gasteiger partial charge >= 0.3 is 0 Å². The van der Waals surface area contributed by atoms with E-state index in [1.54, 1.807) is 0 Å². The Hall–Kier alpha value is -3.08. The van der Waals surface area contributed by atoms with E-state index < -0.39 is 0 Å². The highest BCUT2D eigenvalue weighted by Crippen LogP contribution is 2.30. The zero-order valence-electron chi connectivity index (χ0n) is 13.7. The highest BCUT2D eigenvalue weighted by molar-refractivity contribution is 5.98. The van der Waals surface area contributed by atoms with Crippen LogP contribution in [0.5, 0.6) is 0 Å². The lowest BCUT2D eigenvalue weighted by molar-refractivity contribution is 0.0722. The highest BCUT2D eigenvalue weighted by Gasteiger charge is 2.34. The van der Waals surface area contributed by atoms with Crippen molar-refractivity contribution in [2.75, 3.05) is 0 Å². The number of pyridine rings is 1. The van der Waals surface area contributed by atoms with Gasteiger partial charge in [-0.25, -0.2) is 4.98 Å². The van der Waals surface area contributed by atoms with Crippen LogP contribution in [0, 0.1) is 0 Å². The summed E-state index contributed by atoms with van der Waals surface area (Å²) in [5, 5.41) is 1.07. The van der Waals surface area contributed by atoms with Crippen molar-refractivity contribution in [1.82, 2.24) is 19.3 Å². The minimum Gasteiger partial charge on any atom is -0.351 e. The van der Waals surface area contributed by atoms with Crippen molar-refractivity contribution in [1.29, 1.82) is 0 Å². The van der Waals surface area contributed by atoms with E-state index in [9.17, 15) is 4.79 Å². The van der Waals surface area contributed by atoms with Crippen molar-refractivity contribution in [3.05, 3.63) is 72.3 Å². The van der Waals surface area contributed by atoms with Crippen LogP contribution in [0.3, 0.4) is 0 Å². The smallest absolute Gasteiger partial charge is 0.270 e. The molecule has 0 bridgehead atoms. The van der Waals surface area contributed by atoms with Crippen molar-refractivity contribution in [3.63, 3.8) is 0 Å². The first-order valence-electron chi connectivity index (χ1n) is 8.59. The van der Waals surface area contributed by atoms with Gasteiger partial charge in [0.05, 0.1) is 18.4 Å². The normalized spacial score (nSPS) is 14.2. The predicted octanol–water partition coefficient (Wildman–Crippen LogP) is 3.62. The van der Waals surface area contributed by atoms with Crippen LogP contribution in [0.2, 0.25) is 0 Å². The molecule has 1 aliphatic carbocycles. The number of para-hydroxylation sites is 1. The largest absolute Gasteiger partial charge is 0.351 e. The third kappa shape index (κ3) is 2.48. The minimum absolute atomic E-state index is 0.0598. The summed E-state index contributed by atoms with van der Waals surface area (Å²) in [6, 6.07) is 16.2. The van der Waals surface area contributed by atoms with Gasteiger partial charge in [-0.2, -0.15) is 0 Å². The minimum atomic E-state index is 0.0598. The number of aromatic amines is 1. The second-order valence-corrected chi connectivity index (χ2v) is 6.61. The van der Waals surface area contributed by atoms with E-state index in [2.05, 4.69) is 9.97 Å². The maximum absolute atomic E-state index is 13.1. The molecule has 1 saturated carbocycles. The fourth-order valence-corrected chi connectivity index (χ4v) is 3.37. The number of amides is 1. The number of hydrogen-bond acceptors (Lipinski definition) is 2. The van der Waals surface area contributed by atoms with Gasteiger partial charge in [-0.15, -0.1) is 0 Å². The Labute approximate surface area is 144 Å². The fourth-order valence-electron chi connectivity index (χ4n) is 3.37. The Morgan fingerprint density at radius 2 is 2.04 bits per heavy atom. The molecule has 0 saturated heterocycles. The average molecular weight is 330 g/mol. The number of hydrogen-bond donors (Lipinski definition) is 1. The molecule has 1 fully saturated rings. The number of nitrogens with one attached hydrogen (secondary N) is 1. The summed E-state index contributed by atoms with van der Waals surface area (Å²) in [5.41, 5.74) is 3.59. The SMILES string of the molecule is O=C(c1cc2ccccc2[nH]1)N(Cc1cnc2ccccn12)C1CC1. The maximum Gasteiger partial charge on any atom is 0.270 e. The quantitative estimate of drug-likeness (QED) is 0.621. The molecule has 3 heterocycles. The molecular weight excluding hydrogens is 312 g/mol. The molecule has 25 heavy (non-hydrogen) atoms. The van der Waals surface area contributed by atoms with E-state index in [4.69, 9.17) is 0 Å². The number of fused-ring (bicyclic) bond motifs is 2. The molecule has 1 N–H and O–H groups in total. The molecule has 0 radical (unpaired) electrons. The number of carbonyl (C=O) groups excluding carboxylic acids is 1. The Morgan fingerprint density at radius 1 is 1.20 bits per heavy atom. The molecule has 1 aromatic carbocycles. The first-order chi connectivity index (χ1) is 12.3. The van der Waals surface area contributed by atoms with Gasteiger partial charge in [-0.3, -0.25) is 4.79 Å². The zero-order valence-corrected chi connectivity index (χ0v) is 13.7. The van der Waals surface area contributed by atoms with E-state index in [0.717, 1.165) is 35.1 Å². The Morgan fingerprint density at radius 3 is 2.88 bits per heavy atom. The number of imidazole rings is 1. The van der Waals surface area contributed by atoms with Crippen molar-refractivity contribution in [2.24, 2.45) is 0 Å². The van der Waals surface area contributed by atoms with E-state index in [-0.39, 0.29) is 5.91 Å². The first kappa shape index (κ1) is 14.3. The van der Waals surface area contributed by atoms with Crippen LogP contribution < -0.4 is 0 Å². The summed E-state index contributed by atoms with van der Waals surface area (Å²) < 4.78 is 2.05. The lowest BCUT2D eigenvalue weighted by Gasteiger charge is -2.21. The van der Waals surface area contributed by atoms with Crippen LogP contribution in [-0.2, 0) is 6.54 Å². The van der Waals surface area contributed by atoms with Gasteiger partial charge in [0, 0.05) is 23.1 Å². The molecule has 124 valence electrons. The molecule has 1 amide bonds. The molecule has 0 atom stereocenters. The molecule has 3 aromatic heterocycles. The van der Waals surface area contributed by atoms with Gasteiger partial charge in [0.2, 0.25) is 0 Å². The van der Waals surface area contributed by atoms with E-state index in [1.807, 2.05) is 70.2 Å². The number of rotatable bonds is 4. The first-order valence-corrected chi connectivity index (χ1v) is 8.59. The van der Waals surface area contributed by atoms with Crippen LogP contribution >= 0.6 is 0 Å². The predicted molar refractivity (Wildman–Crippen MR) is 96.4 cm³/mol. The fraction of sp³-hybridized carbons (Fsp3) is 0.200. The second-order valence-electron chi connectivity index (χ2n) is 6.61. The number of carbonyl (C=O) groups is 1. The number of benzene rings is 1. The van der Waals surface area contributed by atoms with E-state index >= 15 is 0 Å². The van der Waals surface area contributed by atoms with Gasteiger partial charge in [0.1, 0.15) is 11.3 Å². The van der Waals surface area contributed by atoms with Gasteiger partial charge in [0.15, 0.2) is 0 Å². The van der Waals surface area contributed by atoms with Gasteiger partial charge in [0.25, 0.3) is 5.91 Å². The summed E-state index contributed by atoms with van der Waals surface area (Å²) in [5.74, 6) is 0.0598. The van der Waals surface area contributed by atoms with Crippen LogP contribution in [-0.4, -0.2) is 31.2 Å². The van der Waals surface area contributed by atoms with Gasteiger partial charge < -0.3 is 14.3 Å². The van der Waals surface area contributed by atoms with Crippen molar-refractivity contribution in [2.45, 2.75) is 25.4 Å². The molecule has 0 unspecified atom stereocenters. The summed E-state index contributed by atoms with van der Waals surface area (Å²) in [6.45, 7) is 0.573. The summed E-state index contributed by atoms with van der Waals surface area (Å²) in [6.07, 6.45) is 6.00. The molecule has 1 aliphatic rings. The molecule has 4 aromatic rings. The van der Waals surface area contributed by atoms with Gasteiger partial charge in [-0.1, -0.05) is 24.3 Å². The highest BCUT2D eigenvalue weighted by atomic mass is 16.2. The standard InChI is InChI=1S/C20H18N4O/c25-20(18-11-14-5-1-2-6-17(14)22-18)24(15-8-9-15)13-16-12-21-19-7-3-4-10-23(16)19/h1-7,10-12,15,22H,8-9,13H2. The summed E-state index contributed by atoms with van der Waals surface area (Å²) in [7, 11) is 0. The third-order valence-electron chi connectivity index (χ3n) is 4.83. The molecule has 0 spiro atoms.